The molecular formula is C15H27NO2. The molecule has 0 radical (unpaired) electrons. The van der Waals surface area contributed by atoms with E-state index in [9.17, 15) is 4.79 Å². The first kappa shape index (κ1) is 14.0. The van der Waals surface area contributed by atoms with Crippen LogP contribution >= 0.6 is 0 Å². The summed E-state index contributed by atoms with van der Waals surface area (Å²) in [6.45, 7) is 5.72. The van der Waals surface area contributed by atoms with Gasteiger partial charge in [-0.05, 0) is 70.0 Å². The number of rotatable bonds is 7. The van der Waals surface area contributed by atoms with Crippen LogP contribution in [0.3, 0.4) is 0 Å². The van der Waals surface area contributed by atoms with E-state index in [4.69, 9.17) is 4.74 Å². The van der Waals surface area contributed by atoms with Crippen LogP contribution < -0.4 is 0 Å². The Balaban J connectivity index is 1.51. The zero-order valence-corrected chi connectivity index (χ0v) is 11.5. The van der Waals surface area contributed by atoms with Crippen molar-refractivity contribution in [2.24, 2.45) is 11.8 Å². The van der Waals surface area contributed by atoms with E-state index in [0.29, 0.717) is 0 Å². The molecule has 0 aromatic carbocycles. The lowest BCUT2D eigenvalue weighted by Crippen LogP contribution is -2.34. The fraction of sp³-hybridized carbons (Fsp3) is 0.933. The number of likely N-dealkylation sites (tertiary alicyclic amines) is 1. The summed E-state index contributed by atoms with van der Waals surface area (Å²) in [5, 5.41) is 0. The Morgan fingerprint density at radius 3 is 2.61 bits per heavy atom. The van der Waals surface area contributed by atoms with Crippen molar-refractivity contribution >= 4 is 6.29 Å². The number of aldehydes is 1. The molecule has 2 rings (SSSR count). The third-order valence-corrected chi connectivity index (χ3v) is 4.51. The van der Waals surface area contributed by atoms with E-state index in [-0.39, 0.29) is 0 Å². The van der Waals surface area contributed by atoms with Crippen molar-refractivity contribution in [1.82, 2.24) is 4.90 Å². The monoisotopic (exact) mass is 253 g/mol. The Bertz CT molecular complexity index is 231. The van der Waals surface area contributed by atoms with Crippen LogP contribution in [0.5, 0.6) is 0 Å². The van der Waals surface area contributed by atoms with Gasteiger partial charge in [0.15, 0.2) is 0 Å². The Hall–Kier alpha value is -0.410. The molecule has 0 aliphatic carbocycles. The van der Waals surface area contributed by atoms with Crippen LogP contribution in [0, 0.1) is 11.8 Å². The molecule has 0 spiro atoms. The van der Waals surface area contributed by atoms with Gasteiger partial charge in [0, 0.05) is 19.6 Å². The van der Waals surface area contributed by atoms with Gasteiger partial charge in [0.2, 0.25) is 0 Å². The lowest BCUT2D eigenvalue weighted by atomic mass is 9.92. The quantitative estimate of drug-likeness (QED) is 0.653. The average Bonchev–Trinajstić information content (AvgIpc) is 2.91. The summed E-state index contributed by atoms with van der Waals surface area (Å²) in [7, 11) is 0. The SMILES string of the molecule is O=CCCC1CCN(CCCC2CCOC2)CC1. The first-order valence-corrected chi connectivity index (χ1v) is 7.62. The number of nitrogens with zero attached hydrogens (tertiary/aromatic N) is 1. The van der Waals surface area contributed by atoms with Gasteiger partial charge in [0.1, 0.15) is 6.29 Å². The Morgan fingerprint density at radius 1 is 1.11 bits per heavy atom. The highest BCUT2D eigenvalue weighted by Gasteiger charge is 2.19. The topological polar surface area (TPSA) is 29.5 Å². The average molecular weight is 253 g/mol. The molecule has 2 aliphatic heterocycles. The van der Waals surface area contributed by atoms with Gasteiger partial charge in [-0.2, -0.15) is 0 Å². The number of carbonyl (C=O) groups excluding carboxylic acids is 1. The minimum atomic E-state index is 0.756. The highest BCUT2D eigenvalue weighted by atomic mass is 16.5. The second-order valence-corrected chi connectivity index (χ2v) is 5.90. The number of piperidine rings is 1. The first-order valence-electron chi connectivity index (χ1n) is 7.62. The van der Waals surface area contributed by atoms with E-state index in [1.807, 2.05) is 0 Å². The zero-order chi connectivity index (χ0) is 12.6. The smallest absolute Gasteiger partial charge is 0.120 e. The van der Waals surface area contributed by atoms with Gasteiger partial charge in [-0.3, -0.25) is 0 Å². The Kier molecular flexibility index (Phi) is 6.15. The van der Waals surface area contributed by atoms with Crippen molar-refractivity contribution in [3.63, 3.8) is 0 Å². The molecule has 0 saturated carbocycles. The van der Waals surface area contributed by atoms with E-state index in [1.165, 1.54) is 51.7 Å². The second-order valence-electron chi connectivity index (χ2n) is 5.90. The summed E-state index contributed by atoms with van der Waals surface area (Å²) in [5.74, 6) is 1.63. The fourth-order valence-corrected chi connectivity index (χ4v) is 3.22. The van der Waals surface area contributed by atoms with Crippen LogP contribution in [-0.4, -0.2) is 44.0 Å². The molecule has 1 atom stereocenters. The van der Waals surface area contributed by atoms with Gasteiger partial charge < -0.3 is 14.4 Å². The molecule has 0 amide bonds. The van der Waals surface area contributed by atoms with Crippen LogP contribution in [-0.2, 0) is 9.53 Å². The van der Waals surface area contributed by atoms with Crippen molar-refractivity contribution in [1.29, 1.82) is 0 Å². The molecule has 2 aliphatic rings. The lowest BCUT2D eigenvalue weighted by Gasteiger charge is -2.31. The maximum Gasteiger partial charge on any atom is 0.120 e. The molecule has 104 valence electrons. The van der Waals surface area contributed by atoms with Gasteiger partial charge in [-0.25, -0.2) is 0 Å². The minimum absolute atomic E-state index is 0.756. The summed E-state index contributed by atoms with van der Waals surface area (Å²) in [6.07, 6.45) is 9.45. The van der Waals surface area contributed by atoms with Crippen LogP contribution in [0.1, 0.15) is 44.9 Å². The molecule has 0 bridgehead atoms. The Morgan fingerprint density at radius 2 is 1.94 bits per heavy atom. The summed E-state index contributed by atoms with van der Waals surface area (Å²) >= 11 is 0. The second kappa shape index (κ2) is 7.90. The van der Waals surface area contributed by atoms with Gasteiger partial charge in [-0.1, -0.05) is 0 Å². The van der Waals surface area contributed by atoms with Crippen molar-refractivity contribution in [3.8, 4) is 0 Å². The van der Waals surface area contributed by atoms with E-state index >= 15 is 0 Å². The van der Waals surface area contributed by atoms with Crippen LogP contribution in [0.4, 0.5) is 0 Å². The maximum absolute atomic E-state index is 10.4. The number of hydrogen-bond donors (Lipinski definition) is 0. The van der Waals surface area contributed by atoms with E-state index < -0.39 is 0 Å². The van der Waals surface area contributed by atoms with E-state index in [1.54, 1.807) is 0 Å². The third kappa shape index (κ3) is 4.69. The predicted octanol–water partition coefficient (Wildman–Crippen LogP) is 2.49. The minimum Gasteiger partial charge on any atom is -0.381 e. The number of carbonyl (C=O) groups is 1. The van der Waals surface area contributed by atoms with Crippen molar-refractivity contribution in [2.75, 3.05) is 32.8 Å². The molecule has 0 N–H and O–H groups in total. The largest absolute Gasteiger partial charge is 0.381 e. The highest BCUT2D eigenvalue weighted by Crippen LogP contribution is 2.23. The van der Waals surface area contributed by atoms with Gasteiger partial charge >= 0.3 is 0 Å². The molecule has 0 aromatic rings. The molecule has 2 fully saturated rings. The molecule has 18 heavy (non-hydrogen) atoms. The highest BCUT2D eigenvalue weighted by molar-refractivity contribution is 5.49. The van der Waals surface area contributed by atoms with Crippen LogP contribution in [0.15, 0.2) is 0 Å². The Labute approximate surface area is 111 Å². The summed E-state index contributed by atoms with van der Waals surface area (Å²) in [4.78, 5) is 13.0. The molecule has 0 aromatic heterocycles. The molecule has 3 heteroatoms. The zero-order valence-electron chi connectivity index (χ0n) is 11.5. The standard InChI is InChI=1S/C15H27NO2/c17-11-2-4-14-5-9-16(10-6-14)8-1-3-15-7-12-18-13-15/h11,14-15H,1-10,12-13H2. The number of ether oxygens (including phenoxy) is 1. The molecule has 3 nitrogen and oxygen atoms in total. The van der Waals surface area contributed by atoms with E-state index in [0.717, 1.165) is 44.2 Å². The van der Waals surface area contributed by atoms with Crippen LogP contribution in [0.2, 0.25) is 0 Å². The third-order valence-electron chi connectivity index (χ3n) is 4.51. The summed E-state index contributed by atoms with van der Waals surface area (Å²) in [6, 6.07) is 0. The van der Waals surface area contributed by atoms with E-state index in [2.05, 4.69) is 4.90 Å². The molecular weight excluding hydrogens is 226 g/mol. The number of hydrogen-bond acceptors (Lipinski definition) is 3. The maximum atomic E-state index is 10.4. The summed E-state index contributed by atoms with van der Waals surface area (Å²) in [5.41, 5.74) is 0. The van der Waals surface area contributed by atoms with Crippen molar-refractivity contribution in [2.45, 2.75) is 44.9 Å². The molecule has 2 heterocycles. The molecule has 2 saturated heterocycles. The molecule has 1 unspecified atom stereocenters. The first-order chi connectivity index (χ1) is 8.88. The van der Waals surface area contributed by atoms with Crippen LogP contribution in [0.25, 0.3) is 0 Å². The fourth-order valence-electron chi connectivity index (χ4n) is 3.22. The van der Waals surface area contributed by atoms with Gasteiger partial charge in [0.05, 0.1) is 0 Å². The van der Waals surface area contributed by atoms with Gasteiger partial charge in [-0.15, -0.1) is 0 Å². The summed E-state index contributed by atoms with van der Waals surface area (Å²) < 4.78 is 5.41. The van der Waals surface area contributed by atoms with Crippen molar-refractivity contribution in [3.05, 3.63) is 0 Å². The predicted molar refractivity (Wildman–Crippen MR) is 72.6 cm³/mol. The van der Waals surface area contributed by atoms with Crippen molar-refractivity contribution < 1.29 is 9.53 Å². The lowest BCUT2D eigenvalue weighted by molar-refractivity contribution is -0.108. The van der Waals surface area contributed by atoms with Gasteiger partial charge in [0.25, 0.3) is 0 Å². The normalized spacial score (nSPS) is 26.6.